The Kier molecular flexibility index (Phi) is 3.59. The van der Waals surface area contributed by atoms with Gasteiger partial charge in [0.1, 0.15) is 0 Å². The molecule has 2 aliphatic heterocycles. The van der Waals surface area contributed by atoms with Gasteiger partial charge in [-0.25, -0.2) is 0 Å². The molecule has 4 nitrogen and oxygen atoms in total. The van der Waals surface area contributed by atoms with Gasteiger partial charge in [0.05, 0.1) is 6.04 Å². The second-order valence-corrected chi connectivity index (χ2v) is 4.52. The Balaban J connectivity index is 1.74. The van der Waals surface area contributed by atoms with E-state index >= 15 is 0 Å². The number of likely N-dealkylation sites (tertiary alicyclic amines) is 1. The molecule has 0 aromatic carbocycles. The number of methoxy groups -OCH3 is 1. The molecule has 0 spiro atoms. The van der Waals surface area contributed by atoms with E-state index in [0.717, 1.165) is 45.5 Å². The summed E-state index contributed by atoms with van der Waals surface area (Å²) in [5.41, 5.74) is 0. The molecule has 15 heavy (non-hydrogen) atoms. The third-order valence-corrected chi connectivity index (χ3v) is 3.45. The molecule has 0 aliphatic carbocycles. The maximum atomic E-state index is 11.9. The highest BCUT2D eigenvalue weighted by atomic mass is 16.5. The fraction of sp³-hybridized carbons (Fsp3) is 0.909. The summed E-state index contributed by atoms with van der Waals surface area (Å²) in [6, 6.07) is 0.115. The Morgan fingerprint density at radius 3 is 2.53 bits per heavy atom. The molecule has 0 saturated carbocycles. The highest BCUT2D eigenvalue weighted by Crippen LogP contribution is 2.19. The normalized spacial score (nSPS) is 27.5. The summed E-state index contributed by atoms with van der Waals surface area (Å²) < 4.78 is 5.14. The zero-order valence-electron chi connectivity index (χ0n) is 9.37. The summed E-state index contributed by atoms with van der Waals surface area (Å²) in [6.45, 7) is 3.65. The quantitative estimate of drug-likeness (QED) is 0.728. The van der Waals surface area contributed by atoms with Crippen molar-refractivity contribution in [1.82, 2.24) is 10.2 Å². The molecule has 1 amide bonds. The largest absolute Gasteiger partial charge is 0.384 e. The van der Waals surface area contributed by atoms with Gasteiger partial charge in [-0.05, 0) is 31.7 Å². The van der Waals surface area contributed by atoms with E-state index in [0.29, 0.717) is 11.8 Å². The number of amides is 1. The van der Waals surface area contributed by atoms with E-state index in [9.17, 15) is 4.79 Å². The van der Waals surface area contributed by atoms with Crippen molar-refractivity contribution in [2.75, 3.05) is 33.4 Å². The molecule has 0 aromatic heterocycles. The molecule has 1 N–H and O–H groups in total. The van der Waals surface area contributed by atoms with Crippen molar-refractivity contribution < 1.29 is 9.53 Å². The Bertz CT molecular complexity index is 221. The number of nitrogens with zero attached hydrogens (tertiary/aromatic N) is 1. The van der Waals surface area contributed by atoms with Crippen LogP contribution in [0.2, 0.25) is 0 Å². The van der Waals surface area contributed by atoms with Crippen LogP contribution < -0.4 is 5.32 Å². The summed E-state index contributed by atoms with van der Waals surface area (Å²) >= 11 is 0. The number of rotatable bonds is 3. The molecular weight excluding hydrogens is 192 g/mol. The monoisotopic (exact) mass is 212 g/mol. The smallest absolute Gasteiger partial charge is 0.239 e. The maximum Gasteiger partial charge on any atom is 0.239 e. The standard InChI is InChI=1S/C11H20N2O2/c1-15-8-9-3-6-13(7-4-9)11(14)10-2-5-12-10/h9-10,12H,2-8H2,1H3/t10-/m1/s1. The fourth-order valence-corrected chi connectivity index (χ4v) is 2.28. The fourth-order valence-electron chi connectivity index (χ4n) is 2.28. The van der Waals surface area contributed by atoms with E-state index in [1.807, 2.05) is 4.90 Å². The van der Waals surface area contributed by atoms with Crippen molar-refractivity contribution in [3.05, 3.63) is 0 Å². The van der Waals surface area contributed by atoms with Gasteiger partial charge in [0.2, 0.25) is 5.91 Å². The first-order valence-corrected chi connectivity index (χ1v) is 5.82. The third-order valence-electron chi connectivity index (χ3n) is 3.45. The van der Waals surface area contributed by atoms with Crippen molar-refractivity contribution >= 4 is 5.91 Å². The summed E-state index contributed by atoms with van der Waals surface area (Å²) in [5.74, 6) is 0.950. The predicted octanol–water partition coefficient (Wildman–Crippen LogP) is 0.233. The lowest BCUT2D eigenvalue weighted by Gasteiger charge is -2.36. The van der Waals surface area contributed by atoms with E-state index in [-0.39, 0.29) is 6.04 Å². The van der Waals surface area contributed by atoms with Crippen LogP contribution in [0, 0.1) is 5.92 Å². The van der Waals surface area contributed by atoms with Crippen molar-refractivity contribution in [2.45, 2.75) is 25.3 Å². The Morgan fingerprint density at radius 1 is 1.40 bits per heavy atom. The van der Waals surface area contributed by atoms with Gasteiger partial charge >= 0.3 is 0 Å². The van der Waals surface area contributed by atoms with Crippen LogP contribution in [-0.2, 0) is 9.53 Å². The zero-order valence-corrected chi connectivity index (χ0v) is 9.37. The van der Waals surface area contributed by atoms with Crippen molar-refractivity contribution in [3.63, 3.8) is 0 Å². The minimum Gasteiger partial charge on any atom is -0.384 e. The van der Waals surface area contributed by atoms with Crippen LogP contribution in [0.4, 0.5) is 0 Å². The summed E-state index contributed by atoms with van der Waals surface area (Å²) in [7, 11) is 1.75. The third kappa shape index (κ3) is 2.49. The first kappa shape index (κ1) is 10.9. The number of hydrogen-bond acceptors (Lipinski definition) is 3. The molecule has 0 bridgehead atoms. The summed E-state index contributed by atoms with van der Waals surface area (Å²) in [6.07, 6.45) is 3.19. The average Bonchev–Trinajstić information content (AvgIpc) is 2.16. The van der Waals surface area contributed by atoms with Crippen LogP contribution in [0.1, 0.15) is 19.3 Å². The molecule has 86 valence electrons. The molecule has 2 rings (SSSR count). The average molecular weight is 212 g/mol. The first-order valence-electron chi connectivity index (χ1n) is 5.82. The molecule has 2 aliphatic rings. The van der Waals surface area contributed by atoms with E-state index in [1.165, 1.54) is 0 Å². The molecular formula is C11H20N2O2. The zero-order chi connectivity index (χ0) is 10.7. The van der Waals surface area contributed by atoms with Crippen LogP contribution in [0.5, 0.6) is 0 Å². The summed E-state index contributed by atoms with van der Waals surface area (Å²) in [5, 5.41) is 3.16. The second-order valence-electron chi connectivity index (χ2n) is 4.52. The van der Waals surface area contributed by atoms with Crippen LogP contribution in [0.25, 0.3) is 0 Å². The molecule has 4 heteroatoms. The first-order chi connectivity index (χ1) is 7.31. The van der Waals surface area contributed by atoms with Crippen molar-refractivity contribution in [1.29, 1.82) is 0 Å². The summed E-state index contributed by atoms with van der Waals surface area (Å²) in [4.78, 5) is 13.9. The minimum atomic E-state index is 0.115. The number of nitrogens with one attached hydrogen (secondary N) is 1. The van der Waals surface area contributed by atoms with Gasteiger partial charge in [-0.3, -0.25) is 4.79 Å². The Labute approximate surface area is 91.0 Å². The van der Waals surface area contributed by atoms with E-state index < -0.39 is 0 Å². The van der Waals surface area contributed by atoms with Crippen molar-refractivity contribution in [2.24, 2.45) is 5.92 Å². The SMILES string of the molecule is COCC1CCN(C(=O)[C@H]2CCN2)CC1. The molecule has 2 fully saturated rings. The van der Waals surface area contributed by atoms with Crippen LogP contribution in [0.15, 0.2) is 0 Å². The van der Waals surface area contributed by atoms with Gasteiger partial charge in [0.25, 0.3) is 0 Å². The maximum absolute atomic E-state index is 11.9. The number of carbonyl (C=O) groups excluding carboxylic acids is 1. The number of hydrogen-bond donors (Lipinski definition) is 1. The highest BCUT2D eigenvalue weighted by Gasteiger charge is 2.31. The Morgan fingerprint density at radius 2 is 2.07 bits per heavy atom. The lowest BCUT2D eigenvalue weighted by atomic mass is 9.96. The van der Waals surface area contributed by atoms with Crippen LogP contribution in [0.3, 0.4) is 0 Å². The van der Waals surface area contributed by atoms with Gasteiger partial charge in [0.15, 0.2) is 0 Å². The molecule has 2 heterocycles. The van der Waals surface area contributed by atoms with Gasteiger partial charge in [-0.1, -0.05) is 0 Å². The molecule has 0 aromatic rings. The van der Waals surface area contributed by atoms with Gasteiger partial charge < -0.3 is 15.0 Å². The van der Waals surface area contributed by atoms with E-state index in [4.69, 9.17) is 4.74 Å². The van der Waals surface area contributed by atoms with Gasteiger partial charge in [-0.15, -0.1) is 0 Å². The lowest BCUT2D eigenvalue weighted by molar-refractivity contribution is -0.136. The van der Waals surface area contributed by atoms with Crippen molar-refractivity contribution in [3.8, 4) is 0 Å². The lowest BCUT2D eigenvalue weighted by Crippen LogP contribution is -2.55. The predicted molar refractivity (Wildman–Crippen MR) is 57.6 cm³/mol. The minimum absolute atomic E-state index is 0.115. The van der Waals surface area contributed by atoms with Gasteiger partial charge in [-0.2, -0.15) is 0 Å². The van der Waals surface area contributed by atoms with Crippen LogP contribution in [-0.4, -0.2) is 50.2 Å². The van der Waals surface area contributed by atoms with Gasteiger partial charge in [0, 0.05) is 26.8 Å². The number of ether oxygens (including phenoxy) is 1. The second kappa shape index (κ2) is 4.94. The number of carbonyl (C=O) groups is 1. The molecule has 1 atom stereocenters. The Hall–Kier alpha value is -0.610. The van der Waals surface area contributed by atoms with Crippen LogP contribution >= 0.6 is 0 Å². The number of piperidine rings is 1. The highest BCUT2D eigenvalue weighted by molar-refractivity contribution is 5.82. The van der Waals surface area contributed by atoms with E-state index in [2.05, 4.69) is 5.32 Å². The molecule has 0 unspecified atom stereocenters. The molecule has 2 saturated heterocycles. The van der Waals surface area contributed by atoms with E-state index in [1.54, 1.807) is 7.11 Å². The topological polar surface area (TPSA) is 41.6 Å². The molecule has 0 radical (unpaired) electrons.